The highest BCUT2D eigenvalue weighted by Crippen LogP contribution is 2.40. The number of anilines is 2. The first kappa shape index (κ1) is 16.3. The lowest BCUT2D eigenvalue weighted by molar-refractivity contribution is -0.135. The molecule has 1 aliphatic heterocycles. The number of aryl methyl sites for hydroxylation is 2. The summed E-state index contributed by atoms with van der Waals surface area (Å²) in [6.07, 6.45) is 1.34. The van der Waals surface area contributed by atoms with Crippen molar-refractivity contribution < 1.29 is 17.9 Å². The van der Waals surface area contributed by atoms with Gasteiger partial charge in [0.05, 0.1) is 17.7 Å². The lowest BCUT2D eigenvalue weighted by atomic mass is 10.1. The van der Waals surface area contributed by atoms with Gasteiger partial charge in [-0.05, 0) is 43.2 Å². The van der Waals surface area contributed by atoms with Crippen molar-refractivity contribution in [3.63, 3.8) is 0 Å². The molecule has 0 saturated heterocycles. The van der Waals surface area contributed by atoms with Crippen molar-refractivity contribution in [3.8, 4) is 0 Å². The molecule has 3 rings (SSSR count). The van der Waals surface area contributed by atoms with Crippen LogP contribution in [0.4, 0.5) is 11.4 Å². The van der Waals surface area contributed by atoms with Gasteiger partial charge in [-0.2, -0.15) is 0 Å². The van der Waals surface area contributed by atoms with Crippen LogP contribution in [0.1, 0.15) is 11.1 Å². The minimum atomic E-state index is -3.91. The summed E-state index contributed by atoms with van der Waals surface area (Å²) >= 11 is 0. The Morgan fingerprint density at radius 2 is 1.75 bits per heavy atom. The topological polar surface area (TPSA) is 63.7 Å². The Morgan fingerprint density at radius 3 is 2.46 bits per heavy atom. The summed E-state index contributed by atoms with van der Waals surface area (Å²) in [7, 11) is -2.75. The lowest BCUT2D eigenvalue weighted by Crippen LogP contribution is -2.26. The molecule has 0 atom stereocenters. The van der Waals surface area contributed by atoms with E-state index in [2.05, 4.69) is 4.74 Å². The van der Waals surface area contributed by atoms with Crippen molar-refractivity contribution in [2.45, 2.75) is 18.7 Å². The van der Waals surface area contributed by atoms with Gasteiger partial charge in [-0.3, -0.25) is 0 Å². The van der Waals surface area contributed by atoms with Crippen molar-refractivity contribution in [1.82, 2.24) is 0 Å². The van der Waals surface area contributed by atoms with Crippen molar-refractivity contribution in [1.29, 1.82) is 0 Å². The van der Waals surface area contributed by atoms with E-state index in [9.17, 15) is 13.2 Å². The monoisotopic (exact) mass is 343 g/mol. The summed E-state index contributed by atoms with van der Waals surface area (Å²) in [5, 5.41) is 0. The normalized spacial score (nSPS) is 15.5. The molecule has 124 valence electrons. The van der Waals surface area contributed by atoms with E-state index in [4.69, 9.17) is 0 Å². The van der Waals surface area contributed by atoms with Crippen LogP contribution in [0.15, 0.2) is 58.5 Å². The Kier molecular flexibility index (Phi) is 3.93. The van der Waals surface area contributed by atoms with E-state index in [0.29, 0.717) is 5.69 Å². The second kappa shape index (κ2) is 5.79. The number of hydrogen-bond donors (Lipinski definition) is 0. The molecule has 0 amide bonds. The van der Waals surface area contributed by atoms with E-state index in [1.807, 2.05) is 32.0 Å². The number of hydrogen-bond acceptors (Lipinski definition) is 5. The molecule has 0 N–H and O–H groups in total. The maximum absolute atomic E-state index is 12.7. The predicted molar refractivity (Wildman–Crippen MR) is 91.8 cm³/mol. The number of esters is 1. The summed E-state index contributed by atoms with van der Waals surface area (Å²) < 4.78 is 30.1. The van der Waals surface area contributed by atoms with E-state index in [0.717, 1.165) is 16.8 Å². The highest BCUT2D eigenvalue weighted by atomic mass is 32.2. The van der Waals surface area contributed by atoms with Crippen molar-refractivity contribution in [2.24, 2.45) is 0 Å². The van der Waals surface area contributed by atoms with E-state index >= 15 is 0 Å². The van der Waals surface area contributed by atoms with Crippen LogP contribution in [0.2, 0.25) is 0 Å². The molecule has 0 radical (unpaired) electrons. The zero-order chi connectivity index (χ0) is 17.5. The molecule has 1 aliphatic rings. The molecule has 0 saturated carbocycles. The molecule has 0 unspecified atom stereocenters. The molecule has 1 heterocycles. The van der Waals surface area contributed by atoms with E-state index in [1.165, 1.54) is 19.4 Å². The minimum absolute atomic E-state index is 0.0915. The molecule has 0 aliphatic carbocycles. The van der Waals surface area contributed by atoms with Gasteiger partial charge in [0.15, 0.2) is 4.91 Å². The third-order valence-electron chi connectivity index (χ3n) is 3.96. The molecule has 0 aromatic heterocycles. The Hall–Kier alpha value is -2.60. The number of nitrogens with zero attached hydrogens (tertiary/aromatic N) is 1. The molecule has 2 aromatic rings. The minimum Gasteiger partial charge on any atom is -0.465 e. The van der Waals surface area contributed by atoms with Gasteiger partial charge in [0, 0.05) is 11.9 Å². The average molecular weight is 343 g/mol. The zero-order valence-electron chi connectivity index (χ0n) is 13.6. The van der Waals surface area contributed by atoms with Gasteiger partial charge in [0.25, 0.3) is 0 Å². The molecule has 0 bridgehead atoms. The van der Waals surface area contributed by atoms with Gasteiger partial charge in [0.2, 0.25) is 9.84 Å². The molecule has 5 nitrogen and oxygen atoms in total. The summed E-state index contributed by atoms with van der Waals surface area (Å²) in [6, 6.07) is 12.5. The van der Waals surface area contributed by atoms with Crippen LogP contribution >= 0.6 is 0 Å². The molecular formula is C18H17NO4S. The van der Waals surface area contributed by atoms with Crippen LogP contribution < -0.4 is 4.90 Å². The van der Waals surface area contributed by atoms with Crippen LogP contribution in [-0.2, 0) is 19.4 Å². The number of fused-ring (bicyclic) bond motifs is 1. The SMILES string of the molecule is COC(=O)C1=CN(c2cc(C)ccc2C)c2ccccc2S1(=O)=O. The lowest BCUT2D eigenvalue weighted by Gasteiger charge is -2.29. The smallest absolute Gasteiger partial charge is 0.351 e. The Bertz CT molecular complexity index is 961. The fraction of sp³-hybridized carbons (Fsp3) is 0.167. The first-order valence-electron chi connectivity index (χ1n) is 7.37. The van der Waals surface area contributed by atoms with Gasteiger partial charge in [-0.25, -0.2) is 13.2 Å². The summed E-state index contributed by atoms with van der Waals surface area (Å²) in [4.78, 5) is 13.5. The number of benzene rings is 2. The van der Waals surface area contributed by atoms with Gasteiger partial charge in [-0.1, -0.05) is 24.3 Å². The van der Waals surface area contributed by atoms with Crippen molar-refractivity contribution >= 4 is 27.2 Å². The maximum Gasteiger partial charge on any atom is 0.351 e. The van der Waals surface area contributed by atoms with Gasteiger partial charge >= 0.3 is 5.97 Å². The number of rotatable bonds is 2. The average Bonchev–Trinajstić information content (AvgIpc) is 2.57. The van der Waals surface area contributed by atoms with Crippen LogP contribution in [0.3, 0.4) is 0 Å². The summed E-state index contributed by atoms with van der Waals surface area (Å²) in [5.41, 5.74) is 3.34. The largest absolute Gasteiger partial charge is 0.465 e. The van der Waals surface area contributed by atoms with E-state index in [-0.39, 0.29) is 9.80 Å². The number of ether oxygens (including phenoxy) is 1. The fourth-order valence-electron chi connectivity index (χ4n) is 2.70. The second-order valence-corrected chi connectivity index (χ2v) is 7.50. The highest BCUT2D eigenvalue weighted by molar-refractivity contribution is 7.96. The van der Waals surface area contributed by atoms with Crippen LogP contribution in [0, 0.1) is 13.8 Å². The Morgan fingerprint density at radius 1 is 1.04 bits per heavy atom. The first-order valence-corrected chi connectivity index (χ1v) is 8.85. The molecule has 0 fully saturated rings. The maximum atomic E-state index is 12.7. The molecule has 6 heteroatoms. The third kappa shape index (κ3) is 2.49. The molecular weight excluding hydrogens is 326 g/mol. The number of sulfone groups is 1. The number of para-hydroxylation sites is 1. The van der Waals surface area contributed by atoms with Gasteiger partial charge < -0.3 is 9.64 Å². The first-order chi connectivity index (χ1) is 11.4. The van der Waals surface area contributed by atoms with Gasteiger partial charge in [0.1, 0.15) is 0 Å². The molecule has 24 heavy (non-hydrogen) atoms. The fourth-order valence-corrected chi connectivity index (χ4v) is 4.18. The second-order valence-electron chi connectivity index (χ2n) is 5.62. The number of methoxy groups -OCH3 is 1. The van der Waals surface area contributed by atoms with E-state index in [1.54, 1.807) is 23.1 Å². The molecule has 0 spiro atoms. The van der Waals surface area contributed by atoms with Crippen LogP contribution in [0.5, 0.6) is 0 Å². The third-order valence-corrected chi connectivity index (χ3v) is 5.74. The number of carbonyl (C=O) groups is 1. The number of carbonyl (C=O) groups excluding carboxylic acids is 1. The molecule has 2 aromatic carbocycles. The Balaban J connectivity index is 2.32. The van der Waals surface area contributed by atoms with Crippen molar-refractivity contribution in [2.75, 3.05) is 12.0 Å². The predicted octanol–water partition coefficient (Wildman–Crippen LogP) is 3.24. The summed E-state index contributed by atoms with van der Waals surface area (Å²) in [6.45, 7) is 3.90. The van der Waals surface area contributed by atoms with Gasteiger partial charge in [-0.15, -0.1) is 0 Å². The highest BCUT2D eigenvalue weighted by Gasteiger charge is 2.36. The van der Waals surface area contributed by atoms with E-state index < -0.39 is 15.8 Å². The van der Waals surface area contributed by atoms with Crippen molar-refractivity contribution in [3.05, 3.63) is 64.7 Å². The zero-order valence-corrected chi connectivity index (χ0v) is 14.4. The summed E-state index contributed by atoms with van der Waals surface area (Å²) in [5.74, 6) is -0.875. The van der Waals surface area contributed by atoms with Crippen LogP contribution in [0.25, 0.3) is 0 Å². The standard InChI is InChI=1S/C18H17NO4S/c1-12-8-9-13(2)15(10-12)19-11-17(18(20)23-3)24(21,22)16-7-5-4-6-14(16)19/h4-11H,1-3H3. The Labute approximate surface area is 141 Å². The van der Waals surface area contributed by atoms with Crippen LogP contribution in [-0.4, -0.2) is 21.5 Å². The quantitative estimate of drug-likeness (QED) is 0.783.